The van der Waals surface area contributed by atoms with Crippen molar-refractivity contribution >= 4 is 27.5 Å². The van der Waals surface area contributed by atoms with Crippen LogP contribution in [0.25, 0.3) is 0 Å². The Hall–Kier alpha value is -1.11. The molecule has 0 aliphatic carbocycles. The Bertz CT molecular complexity index is 616. The molecule has 1 N–H and O–H groups in total. The molecular formula is C15H21ClN2O3S. The molecule has 1 saturated heterocycles. The molecule has 1 amide bonds. The van der Waals surface area contributed by atoms with Gasteiger partial charge in [0.2, 0.25) is 15.9 Å². The van der Waals surface area contributed by atoms with Gasteiger partial charge in [-0.1, -0.05) is 23.7 Å². The van der Waals surface area contributed by atoms with Crippen LogP contribution in [0.3, 0.4) is 0 Å². The number of amides is 1. The Morgan fingerprint density at radius 2 is 2.05 bits per heavy atom. The van der Waals surface area contributed by atoms with Gasteiger partial charge in [0.15, 0.2) is 0 Å². The first-order valence-electron chi connectivity index (χ1n) is 7.42. The lowest BCUT2D eigenvalue weighted by molar-refractivity contribution is -0.125. The molecule has 1 aromatic carbocycles. The van der Waals surface area contributed by atoms with Crippen molar-refractivity contribution in [1.29, 1.82) is 0 Å². The van der Waals surface area contributed by atoms with E-state index in [-0.39, 0.29) is 24.1 Å². The second-order valence-corrected chi connectivity index (χ2v) is 7.88. The zero-order valence-corrected chi connectivity index (χ0v) is 14.2. The lowest BCUT2D eigenvalue weighted by Gasteiger charge is -2.31. The van der Waals surface area contributed by atoms with E-state index in [4.69, 9.17) is 11.6 Å². The van der Waals surface area contributed by atoms with E-state index in [1.165, 1.54) is 4.31 Å². The third kappa shape index (κ3) is 4.44. The summed E-state index contributed by atoms with van der Waals surface area (Å²) in [5.41, 5.74) is 0.699. The summed E-state index contributed by atoms with van der Waals surface area (Å²) in [6.45, 7) is 3.16. The third-order valence-electron chi connectivity index (χ3n) is 3.76. The quantitative estimate of drug-likeness (QED) is 0.888. The number of halogens is 1. The van der Waals surface area contributed by atoms with Crippen LogP contribution in [0.5, 0.6) is 0 Å². The largest absolute Gasteiger partial charge is 0.356 e. The van der Waals surface area contributed by atoms with Gasteiger partial charge in [-0.25, -0.2) is 12.7 Å². The van der Waals surface area contributed by atoms with E-state index in [0.717, 1.165) is 6.42 Å². The Labute approximate surface area is 136 Å². The van der Waals surface area contributed by atoms with Gasteiger partial charge in [-0.2, -0.15) is 0 Å². The summed E-state index contributed by atoms with van der Waals surface area (Å²) in [7, 11) is -3.42. The molecule has 1 atom stereocenters. The molecule has 122 valence electrons. The van der Waals surface area contributed by atoms with Gasteiger partial charge in [0.1, 0.15) is 0 Å². The highest BCUT2D eigenvalue weighted by Gasteiger charge is 2.32. The topological polar surface area (TPSA) is 66.5 Å². The SMILES string of the molecule is CCNC(=O)[C@@H]1CCCN(S(=O)(=O)Cc2ccc(Cl)cc2)C1. The van der Waals surface area contributed by atoms with E-state index in [0.29, 0.717) is 30.1 Å². The Morgan fingerprint density at radius 3 is 2.68 bits per heavy atom. The van der Waals surface area contributed by atoms with Crippen molar-refractivity contribution in [2.24, 2.45) is 5.92 Å². The highest BCUT2D eigenvalue weighted by molar-refractivity contribution is 7.88. The summed E-state index contributed by atoms with van der Waals surface area (Å²) in [5, 5.41) is 3.35. The van der Waals surface area contributed by atoms with Crippen LogP contribution in [-0.2, 0) is 20.6 Å². The lowest BCUT2D eigenvalue weighted by atomic mass is 9.99. The van der Waals surface area contributed by atoms with Crippen molar-refractivity contribution in [2.45, 2.75) is 25.5 Å². The number of nitrogens with one attached hydrogen (secondary N) is 1. The van der Waals surface area contributed by atoms with E-state index in [1.54, 1.807) is 24.3 Å². The van der Waals surface area contributed by atoms with Gasteiger partial charge < -0.3 is 5.32 Å². The summed E-state index contributed by atoms with van der Waals surface area (Å²) in [5.74, 6) is -0.380. The van der Waals surface area contributed by atoms with Crippen LogP contribution in [0.1, 0.15) is 25.3 Å². The van der Waals surface area contributed by atoms with Crippen LogP contribution in [0.2, 0.25) is 5.02 Å². The minimum Gasteiger partial charge on any atom is -0.356 e. The Morgan fingerprint density at radius 1 is 1.36 bits per heavy atom. The van der Waals surface area contributed by atoms with Gasteiger partial charge >= 0.3 is 0 Å². The molecule has 5 nitrogen and oxygen atoms in total. The number of piperidine rings is 1. The summed E-state index contributed by atoms with van der Waals surface area (Å²) in [6.07, 6.45) is 1.44. The van der Waals surface area contributed by atoms with Gasteiger partial charge in [0.25, 0.3) is 0 Å². The van der Waals surface area contributed by atoms with E-state index in [1.807, 2.05) is 6.92 Å². The number of hydrogen-bond acceptors (Lipinski definition) is 3. The molecule has 0 aromatic heterocycles. The number of nitrogens with zero attached hydrogens (tertiary/aromatic N) is 1. The fraction of sp³-hybridized carbons (Fsp3) is 0.533. The first-order chi connectivity index (χ1) is 10.4. The second kappa shape index (κ2) is 7.44. The van der Waals surface area contributed by atoms with E-state index < -0.39 is 10.0 Å². The summed E-state index contributed by atoms with van der Waals surface area (Å²) in [6, 6.07) is 6.79. The van der Waals surface area contributed by atoms with Gasteiger partial charge in [-0.15, -0.1) is 0 Å². The van der Waals surface area contributed by atoms with Gasteiger partial charge in [-0.3, -0.25) is 4.79 Å². The Balaban J connectivity index is 2.05. The number of carbonyl (C=O) groups excluding carboxylic acids is 1. The average molecular weight is 345 g/mol. The molecule has 0 saturated carbocycles. The molecule has 22 heavy (non-hydrogen) atoms. The van der Waals surface area contributed by atoms with Crippen molar-refractivity contribution < 1.29 is 13.2 Å². The molecule has 2 rings (SSSR count). The molecule has 1 aromatic rings. The monoisotopic (exact) mass is 344 g/mol. The van der Waals surface area contributed by atoms with Crippen LogP contribution in [0.15, 0.2) is 24.3 Å². The Kier molecular flexibility index (Phi) is 5.83. The maximum absolute atomic E-state index is 12.5. The molecule has 7 heteroatoms. The van der Waals surface area contributed by atoms with Crippen molar-refractivity contribution in [3.63, 3.8) is 0 Å². The normalized spacial score (nSPS) is 19.8. The number of benzene rings is 1. The molecule has 1 aliphatic rings. The van der Waals surface area contributed by atoms with Gasteiger partial charge in [0, 0.05) is 24.7 Å². The third-order valence-corrected chi connectivity index (χ3v) is 5.83. The molecule has 1 heterocycles. The van der Waals surface area contributed by atoms with Crippen LogP contribution >= 0.6 is 11.6 Å². The first kappa shape index (κ1) is 17.2. The van der Waals surface area contributed by atoms with Crippen LogP contribution in [0.4, 0.5) is 0 Å². The van der Waals surface area contributed by atoms with Crippen molar-refractivity contribution in [2.75, 3.05) is 19.6 Å². The van der Waals surface area contributed by atoms with Crippen molar-refractivity contribution in [3.05, 3.63) is 34.9 Å². The summed E-state index contributed by atoms with van der Waals surface area (Å²) >= 11 is 5.81. The molecule has 0 radical (unpaired) electrons. The number of hydrogen-bond donors (Lipinski definition) is 1. The second-order valence-electron chi connectivity index (χ2n) is 5.47. The molecular weight excluding hydrogens is 324 g/mol. The maximum Gasteiger partial charge on any atom is 0.224 e. The van der Waals surface area contributed by atoms with E-state index in [2.05, 4.69) is 5.32 Å². The smallest absolute Gasteiger partial charge is 0.224 e. The maximum atomic E-state index is 12.5. The predicted molar refractivity (Wildman–Crippen MR) is 87.1 cm³/mol. The summed E-state index contributed by atoms with van der Waals surface area (Å²) in [4.78, 5) is 11.9. The molecule has 0 spiro atoms. The number of sulfonamides is 1. The molecule has 0 bridgehead atoms. The predicted octanol–water partition coefficient (Wildman–Crippen LogP) is 2.02. The fourth-order valence-electron chi connectivity index (χ4n) is 2.61. The standard InChI is InChI=1S/C15H21ClN2O3S/c1-2-17-15(19)13-4-3-9-18(10-13)22(20,21)11-12-5-7-14(16)8-6-12/h5-8,13H,2-4,9-11H2,1H3,(H,17,19)/t13-/m1/s1. The zero-order chi connectivity index (χ0) is 16.2. The number of carbonyl (C=O) groups is 1. The highest BCUT2D eigenvalue weighted by atomic mass is 35.5. The fourth-order valence-corrected chi connectivity index (χ4v) is 4.35. The number of rotatable bonds is 5. The van der Waals surface area contributed by atoms with Crippen molar-refractivity contribution in [3.8, 4) is 0 Å². The van der Waals surface area contributed by atoms with Crippen molar-refractivity contribution in [1.82, 2.24) is 9.62 Å². The summed E-state index contributed by atoms with van der Waals surface area (Å²) < 4.78 is 26.5. The minimum absolute atomic E-state index is 0.0612. The van der Waals surface area contributed by atoms with Crippen LogP contribution in [0, 0.1) is 5.92 Å². The van der Waals surface area contributed by atoms with E-state index in [9.17, 15) is 13.2 Å². The van der Waals surface area contributed by atoms with Gasteiger partial charge in [0.05, 0.1) is 11.7 Å². The van der Waals surface area contributed by atoms with E-state index >= 15 is 0 Å². The molecule has 0 unspecified atom stereocenters. The highest BCUT2D eigenvalue weighted by Crippen LogP contribution is 2.22. The lowest BCUT2D eigenvalue weighted by Crippen LogP contribution is -2.45. The first-order valence-corrected chi connectivity index (χ1v) is 9.41. The average Bonchev–Trinajstić information content (AvgIpc) is 2.50. The zero-order valence-electron chi connectivity index (χ0n) is 12.6. The van der Waals surface area contributed by atoms with Gasteiger partial charge in [-0.05, 0) is 37.5 Å². The van der Waals surface area contributed by atoms with Crippen LogP contribution in [-0.4, -0.2) is 38.3 Å². The molecule has 1 fully saturated rings. The van der Waals surface area contributed by atoms with Crippen LogP contribution < -0.4 is 5.32 Å². The molecule has 1 aliphatic heterocycles. The minimum atomic E-state index is -3.42.